The molecule has 0 aliphatic carbocycles. The Labute approximate surface area is 158 Å². The molecule has 27 heavy (non-hydrogen) atoms. The number of rotatable bonds is 5. The van der Waals surface area contributed by atoms with E-state index in [2.05, 4.69) is 10.2 Å². The van der Waals surface area contributed by atoms with Crippen LogP contribution in [0.1, 0.15) is 17.2 Å². The highest BCUT2D eigenvalue weighted by atomic mass is 19.1. The molecule has 0 spiro atoms. The fourth-order valence-corrected chi connectivity index (χ4v) is 3.35. The monoisotopic (exact) mass is 369 g/mol. The molecule has 1 N–H and O–H groups in total. The molecule has 142 valence electrons. The molecule has 1 aliphatic rings. The third kappa shape index (κ3) is 5.14. The van der Waals surface area contributed by atoms with Crippen molar-refractivity contribution in [1.29, 1.82) is 0 Å². The highest BCUT2D eigenvalue weighted by molar-refractivity contribution is 5.86. The van der Waals surface area contributed by atoms with Crippen LogP contribution in [0.2, 0.25) is 0 Å². The van der Waals surface area contributed by atoms with Gasteiger partial charge in [0, 0.05) is 19.6 Å². The van der Waals surface area contributed by atoms with Crippen LogP contribution in [-0.2, 0) is 16.0 Å². The first kappa shape index (κ1) is 19.0. The summed E-state index contributed by atoms with van der Waals surface area (Å²) in [5.41, 5.74) is 1.67. The minimum absolute atomic E-state index is 0.0300. The van der Waals surface area contributed by atoms with Crippen LogP contribution < -0.4 is 5.32 Å². The van der Waals surface area contributed by atoms with Crippen molar-refractivity contribution in [2.24, 2.45) is 0 Å². The van der Waals surface area contributed by atoms with Crippen molar-refractivity contribution >= 4 is 11.8 Å². The Kier molecular flexibility index (Phi) is 6.19. The summed E-state index contributed by atoms with van der Waals surface area (Å²) in [6.07, 6.45) is 0.0515. The average molecular weight is 369 g/mol. The summed E-state index contributed by atoms with van der Waals surface area (Å²) in [6.45, 7) is 2.12. The minimum Gasteiger partial charge on any atom is -0.347 e. The zero-order valence-corrected chi connectivity index (χ0v) is 15.4. The maximum Gasteiger partial charge on any atom is 0.242 e. The van der Waals surface area contributed by atoms with Crippen molar-refractivity contribution in [3.05, 3.63) is 71.5 Å². The Bertz CT molecular complexity index is 797. The predicted octanol–water partition coefficient (Wildman–Crippen LogP) is 2.00. The lowest BCUT2D eigenvalue weighted by atomic mass is 10.0. The fraction of sp³-hybridized carbons (Fsp3) is 0.333. The lowest BCUT2D eigenvalue weighted by Gasteiger charge is -2.40. The number of nitrogens with one attached hydrogen (secondary N) is 1. The van der Waals surface area contributed by atoms with E-state index < -0.39 is 0 Å². The molecule has 5 nitrogen and oxygen atoms in total. The zero-order chi connectivity index (χ0) is 19.2. The van der Waals surface area contributed by atoms with Gasteiger partial charge in [0.1, 0.15) is 5.82 Å². The third-order valence-corrected chi connectivity index (χ3v) is 4.78. The molecule has 2 aromatic carbocycles. The zero-order valence-electron chi connectivity index (χ0n) is 15.4. The lowest BCUT2D eigenvalue weighted by molar-refractivity contribution is -0.137. The molecule has 0 bridgehead atoms. The van der Waals surface area contributed by atoms with E-state index in [0.717, 1.165) is 18.7 Å². The van der Waals surface area contributed by atoms with E-state index in [4.69, 9.17) is 0 Å². The Morgan fingerprint density at radius 1 is 1.11 bits per heavy atom. The van der Waals surface area contributed by atoms with E-state index in [1.165, 1.54) is 12.1 Å². The van der Waals surface area contributed by atoms with Crippen LogP contribution in [0, 0.1) is 5.82 Å². The van der Waals surface area contributed by atoms with Crippen molar-refractivity contribution in [3.63, 3.8) is 0 Å². The van der Waals surface area contributed by atoms with E-state index in [-0.39, 0.29) is 36.6 Å². The number of hydrogen-bond acceptors (Lipinski definition) is 3. The van der Waals surface area contributed by atoms with E-state index >= 15 is 0 Å². The van der Waals surface area contributed by atoms with Gasteiger partial charge in [-0.25, -0.2) is 4.39 Å². The molecular formula is C21H24FN3O2. The normalized spacial score (nSPS) is 17.6. The van der Waals surface area contributed by atoms with Gasteiger partial charge in [-0.05, 0) is 30.3 Å². The van der Waals surface area contributed by atoms with E-state index in [9.17, 15) is 14.0 Å². The van der Waals surface area contributed by atoms with Gasteiger partial charge < -0.3 is 15.1 Å². The number of likely N-dealkylation sites (N-methyl/N-ethyl adjacent to an activating group) is 1. The third-order valence-electron chi connectivity index (χ3n) is 4.78. The Hall–Kier alpha value is -2.73. The molecular weight excluding hydrogens is 345 g/mol. The summed E-state index contributed by atoms with van der Waals surface area (Å²) in [4.78, 5) is 28.9. The van der Waals surface area contributed by atoms with Crippen molar-refractivity contribution < 1.29 is 14.0 Å². The first-order valence-corrected chi connectivity index (χ1v) is 9.07. The molecule has 1 saturated heterocycles. The van der Waals surface area contributed by atoms with Crippen LogP contribution >= 0.6 is 0 Å². The largest absolute Gasteiger partial charge is 0.347 e. The molecule has 0 unspecified atom stereocenters. The molecule has 0 radical (unpaired) electrons. The van der Waals surface area contributed by atoms with Crippen LogP contribution in [0.3, 0.4) is 0 Å². The summed E-state index contributed by atoms with van der Waals surface area (Å²) < 4.78 is 13.2. The van der Waals surface area contributed by atoms with E-state index in [1.54, 1.807) is 12.1 Å². The minimum atomic E-state index is -0.375. The number of halogens is 1. The number of amides is 2. The average Bonchev–Trinajstić information content (AvgIpc) is 2.67. The van der Waals surface area contributed by atoms with Gasteiger partial charge in [0.15, 0.2) is 0 Å². The first-order chi connectivity index (χ1) is 13.0. The quantitative estimate of drug-likeness (QED) is 0.877. The number of carbonyl (C=O) groups excluding carboxylic acids is 2. The molecule has 1 aliphatic heterocycles. The van der Waals surface area contributed by atoms with Gasteiger partial charge in [-0.15, -0.1) is 0 Å². The number of carbonyl (C=O) groups is 2. The first-order valence-electron chi connectivity index (χ1n) is 9.07. The molecule has 1 heterocycles. The Morgan fingerprint density at radius 2 is 1.89 bits per heavy atom. The molecule has 1 fully saturated rings. The molecule has 2 aromatic rings. The molecule has 3 rings (SSSR count). The predicted molar refractivity (Wildman–Crippen MR) is 102 cm³/mol. The highest BCUT2D eigenvalue weighted by Gasteiger charge is 2.30. The standard InChI is InChI=1S/C21H24FN3O2/c1-24-10-11-25(19(15-24)17-7-3-2-4-8-17)21(27)14-23-20(26)13-16-6-5-9-18(22)12-16/h2-9,12,19H,10-11,13-15H2,1H3,(H,23,26)/t19-/m0/s1. The topological polar surface area (TPSA) is 52.6 Å². The maximum atomic E-state index is 13.2. The van der Waals surface area contributed by atoms with Gasteiger partial charge in [-0.3, -0.25) is 9.59 Å². The molecule has 0 aromatic heterocycles. The molecule has 2 amide bonds. The van der Waals surface area contributed by atoms with Crippen molar-refractivity contribution in [1.82, 2.24) is 15.1 Å². The van der Waals surface area contributed by atoms with E-state index in [1.807, 2.05) is 42.3 Å². The van der Waals surface area contributed by atoms with Crippen LogP contribution in [0.25, 0.3) is 0 Å². The van der Waals surface area contributed by atoms with Gasteiger partial charge in [0.05, 0.1) is 19.0 Å². The smallest absolute Gasteiger partial charge is 0.242 e. The summed E-state index contributed by atoms with van der Waals surface area (Å²) in [6, 6.07) is 15.8. The second-order valence-corrected chi connectivity index (χ2v) is 6.86. The molecule has 0 saturated carbocycles. The Balaban J connectivity index is 1.59. The SMILES string of the molecule is CN1CCN(C(=O)CNC(=O)Cc2cccc(F)c2)[C@H](c2ccccc2)C1. The summed E-state index contributed by atoms with van der Waals surface area (Å²) in [5, 5.41) is 2.66. The number of hydrogen-bond donors (Lipinski definition) is 1. The van der Waals surface area contributed by atoms with Gasteiger partial charge >= 0.3 is 0 Å². The van der Waals surface area contributed by atoms with Crippen LogP contribution in [0.15, 0.2) is 54.6 Å². The van der Waals surface area contributed by atoms with Gasteiger partial charge in [-0.2, -0.15) is 0 Å². The van der Waals surface area contributed by atoms with Gasteiger partial charge in [0.25, 0.3) is 0 Å². The maximum absolute atomic E-state index is 13.2. The number of benzene rings is 2. The lowest BCUT2D eigenvalue weighted by Crippen LogP contribution is -2.51. The van der Waals surface area contributed by atoms with Crippen molar-refractivity contribution in [2.45, 2.75) is 12.5 Å². The van der Waals surface area contributed by atoms with Gasteiger partial charge in [0.2, 0.25) is 11.8 Å². The second-order valence-electron chi connectivity index (χ2n) is 6.86. The van der Waals surface area contributed by atoms with Crippen LogP contribution in [-0.4, -0.2) is 54.8 Å². The Morgan fingerprint density at radius 3 is 2.63 bits per heavy atom. The molecule has 6 heteroatoms. The van der Waals surface area contributed by atoms with Crippen LogP contribution in [0.5, 0.6) is 0 Å². The van der Waals surface area contributed by atoms with Crippen molar-refractivity contribution in [3.8, 4) is 0 Å². The van der Waals surface area contributed by atoms with Crippen LogP contribution in [0.4, 0.5) is 4.39 Å². The van der Waals surface area contributed by atoms with E-state index in [0.29, 0.717) is 12.1 Å². The summed E-state index contributed by atoms with van der Waals surface area (Å²) >= 11 is 0. The second kappa shape index (κ2) is 8.77. The fourth-order valence-electron chi connectivity index (χ4n) is 3.35. The molecule has 1 atom stereocenters. The van der Waals surface area contributed by atoms with Gasteiger partial charge in [-0.1, -0.05) is 42.5 Å². The van der Waals surface area contributed by atoms with Crippen molar-refractivity contribution in [2.75, 3.05) is 33.2 Å². The number of nitrogens with zero attached hydrogens (tertiary/aromatic N) is 2. The number of piperazine rings is 1. The highest BCUT2D eigenvalue weighted by Crippen LogP contribution is 2.24. The summed E-state index contributed by atoms with van der Waals surface area (Å²) in [7, 11) is 2.04. The summed E-state index contributed by atoms with van der Waals surface area (Å²) in [5.74, 6) is -0.775.